The Morgan fingerprint density at radius 2 is 2.07 bits per heavy atom. The van der Waals surface area contributed by atoms with Crippen molar-refractivity contribution in [1.29, 1.82) is 0 Å². The molecule has 0 saturated carbocycles. The molecule has 154 valence electrons. The number of urea groups is 1. The van der Waals surface area contributed by atoms with Crippen molar-refractivity contribution >= 4 is 39.2 Å². The van der Waals surface area contributed by atoms with E-state index in [-0.39, 0.29) is 5.56 Å². The summed E-state index contributed by atoms with van der Waals surface area (Å²) in [5.41, 5.74) is -1.31. The number of hydrogen-bond donors (Lipinski definition) is 3. The Bertz CT molecular complexity index is 936. The van der Waals surface area contributed by atoms with Gasteiger partial charge in [-0.15, -0.1) is 0 Å². The number of rotatable bonds is 6. The summed E-state index contributed by atoms with van der Waals surface area (Å²) in [7, 11) is 5.26. The van der Waals surface area contributed by atoms with Gasteiger partial charge in [-0.1, -0.05) is 22.0 Å². The second-order valence-corrected chi connectivity index (χ2v) is 7.80. The predicted octanol–water partition coefficient (Wildman–Crippen LogP) is 2.33. The molecule has 3 rings (SSSR count). The van der Waals surface area contributed by atoms with Crippen LogP contribution in [0.25, 0.3) is 0 Å². The fourth-order valence-corrected chi connectivity index (χ4v) is 3.51. The topological polar surface area (TPSA) is 94.1 Å². The molecule has 0 bridgehead atoms. The zero-order valence-corrected chi connectivity index (χ0v) is 18.0. The smallest absolute Gasteiger partial charge is 0.329 e. The largest absolute Gasteiger partial charge is 0.497 e. The van der Waals surface area contributed by atoms with Crippen molar-refractivity contribution in [2.45, 2.75) is 5.72 Å². The Morgan fingerprint density at radius 3 is 2.76 bits per heavy atom. The Balaban J connectivity index is 2.11. The molecule has 2 aromatic carbocycles. The van der Waals surface area contributed by atoms with Crippen LogP contribution in [-0.2, 0) is 10.5 Å². The highest BCUT2D eigenvalue weighted by atomic mass is 79.9. The number of fused-ring (bicyclic) bond motifs is 1. The first kappa shape index (κ1) is 21.1. The Morgan fingerprint density at radius 1 is 1.31 bits per heavy atom. The highest BCUT2D eigenvalue weighted by Crippen LogP contribution is 2.41. The molecule has 1 unspecified atom stereocenters. The van der Waals surface area contributed by atoms with Gasteiger partial charge in [-0.25, -0.2) is 4.79 Å². The average molecular weight is 463 g/mol. The van der Waals surface area contributed by atoms with Crippen molar-refractivity contribution in [3.63, 3.8) is 0 Å². The van der Waals surface area contributed by atoms with Crippen LogP contribution in [0.5, 0.6) is 5.75 Å². The third-order valence-electron chi connectivity index (χ3n) is 4.60. The number of carbonyl (C=O) groups is 2. The zero-order valence-electron chi connectivity index (χ0n) is 16.4. The number of benzene rings is 2. The molecular weight excluding hydrogens is 440 g/mol. The van der Waals surface area contributed by atoms with Crippen molar-refractivity contribution in [1.82, 2.24) is 10.2 Å². The summed E-state index contributed by atoms with van der Waals surface area (Å²) in [4.78, 5) is 29.1. The van der Waals surface area contributed by atoms with Crippen LogP contribution >= 0.6 is 15.9 Å². The quantitative estimate of drug-likeness (QED) is 0.612. The van der Waals surface area contributed by atoms with E-state index in [0.29, 0.717) is 34.7 Å². The number of ether oxygens (including phenoxy) is 1. The Labute approximate surface area is 177 Å². The van der Waals surface area contributed by atoms with E-state index in [1.807, 2.05) is 19.0 Å². The first-order chi connectivity index (χ1) is 13.8. The van der Waals surface area contributed by atoms with Gasteiger partial charge in [0.1, 0.15) is 5.75 Å². The molecule has 1 aliphatic heterocycles. The molecule has 0 fully saturated rings. The minimum absolute atomic E-state index is 0.261. The van der Waals surface area contributed by atoms with Crippen LogP contribution in [0, 0.1) is 0 Å². The number of aliphatic hydroxyl groups is 1. The molecule has 1 aliphatic rings. The number of carbonyl (C=O) groups excluding carboxylic acids is 2. The van der Waals surface area contributed by atoms with Gasteiger partial charge in [0.05, 0.1) is 18.5 Å². The average Bonchev–Trinajstić information content (AvgIpc) is 2.68. The van der Waals surface area contributed by atoms with Gasteiger partial charge < -0.3 is 25.4 Å². The lowest BCUT2D eigenvalue weighted by Crippen LogP contribution is -2.63. The van der Waals surface area contributed by atoms with Gasteiger partial charge in [0, 0.05) is 29.2 Å². The van der Waals surface area contributed by atoms with Crippen LogP contribution in [0.3, 0.4) is 0 Å². The van der Waals surface area contributed by atoms with Crippen molar-refractivity contribution in [2.75, 3.05) is 44.5 Å². The van der Waals surface area contributed by atoms with Crippen LogP contribution in [0.2, 0.25) is 0 Å². The lowest BCUT2D eigenvalue weighted by Gasteiger charge is -2.42. The van der Waals surface area contributed by atoms with Gasteiger partial charge in [-0.2, -0.15) is 0 Å². The molecule has 2 aromatic rings. The standard InChI is InChI=1S/C20H23BrN4O4/c1-24(2)10-9-22-18(26)20(28)16-11-13(21)7-8-17(16)23-19(27)25(20)14-5-4-6-15(12-14)29-3/h4-8,11-12,28H,9-10H2,1-3H3,(H,22,26)(H,23,27). The summed E-state index contributed by atoms with van der Waals surface area (Å²) in [6.45, 7) is 0.892. The minimum atomic E-state index is -2.25. The molecular formula is C20H23BrN4O4. The van der Waals surface area contributed by atoms with Gasteiger partial charge in [0.15, 0.2) is 0 Å². The predicted molar refractivity (Wildman–Crippen MR) is 114 cm³/mol. The van der Waals surface area contributed by atoms with Crippen LogP contribution < -0.4 is 20.3 Å². The number of likely N-dealkylation sites (N-methyl/N-ethyl adjacent to an activating group) is 1. The maximum Gasteiger partial charge on any atom is 0.329 e. The third kappa shape index (κ3) is 4.07. The maximum absolute atomic E-state index is 13.2. The molecule has 0 aromatic heterocycles. The fourth-order valence-electron chi connectivity index (χ4n) is 3.15. The van der Waals surface area contributed by atoms with Gasteiger partial charge in [0.2, 0.25) is 0 Å². The van der Waals surface area contributed by atoms with E-state index in [2.05, 4.69) is 26.6 Å². The van der Waals surface area contributed by atoms with E-state index in [9.17, 15) is 14.7 Å². The van der Waals surface area contributed by atoms with E-state index < -0.39 is 17.7 Å². The lowest BCUT2D eigenvalue weighted by atomic mass is 9.94. The zero-order chi connectivity index (χ0) is 21.2. The van der Waals surface area contributed by atoms with E-state index in [4.69, 9.17) is 4.74 Å². The highest BCUT2D eigenvalue weighted by Gasteiger charge is 2.52. The van der Waals surface area contributed by atoms with Gasteiger partial charge >= 0.3 is 6.03 Å². The normalized spacial score (nSPS) is 18.3. The van der Waals surface area contributed by atoms with E-state index >= 15 is 0 Å². The second-order valence-electron chi connectivity index (χ2n) is 6.89. The molecule has 9 heteroatoms. The van der Waals surface area contributed by atoms with Gasteiger partial charge in [-0.3, -0.25) is 9.69 Å². The first-order valence-electron chi connectivity index (χ1n) is 8.98. The summed E-state index contributed by atoms with van der Waals surface area (Å²) in [6.07, 6.45) is 0. The molecule has 0 spiro atoms. The molecule has 8 nitrogen and oxygen atoms in total. The van der Waals surface area contributed by atoms with Crippen LogP contribution in [0.4, 0.5) is 16.2 Å². The Hall–Kier alpha value is -2.62. The lowest BCUT2D eigenvalue weighted by molar-refractivity contribution is -0.140. The number of hydrogen-bond acceptors (Lipinski definition) is 5. The third-order valence-corrected chi connectivity index (χ3v) is 5.09. The fraction of sp³-hybridized carbons (Fsp3) is 0.300. The number of nitrogens with zero attached hydrogens (tertiary/aromatic N) is 2. The number of halogens is 1. The van der Waals surface area contributed by atoms with Crippen LogP contribution in [0.15, 0.2) is 46.9 Å². The number of nitrogens with one attached hydrogen (secondary N) is 2. The first-order valence-corrected chi connectivity index (χ1v) is 9.77. The monoisotopic (exact) mass is 462 g/mol. The van der Waals surface area contributed by atoms with E-state index in [1.165, 1.54) is 7.11 Å². The molecule has 0 aliphatic carbocycles. The number of anilines is 2. The summed E-state index contributed by atoms with van der Waals surface area (Å²) in [6, 6.07) is 11.0. The van der Waals surface area contributed by atoms with Crippen LogP contribution in [0.1, 0.15) is 5.56 Å². The van der Waals surface area contributed by atoms with Crippen molar-refractivity contribution < 1.29 is 19.4 Å². The van der Waals surface area contributed by atoms with Crippen molar-refractivity contribution in [3.8, 4) is 5.75 Å². The molecule has 0 radical (unpaired) electrons. The molecule has 3 amide bonds. The number of methoxy groups -OCH3 is 1. The van der Waals surface area contributed by atoms with Gasteiger partial charge in [0.25, 0.3) is 11.6 Å². The van der Waals surface area contributed by atoms with Crippen molar-refractivity contribution in [3.05, 3.63) is 52.5 Å². The van der Waals surface area contributed by atoms with Gasteiger partial charge in [-0.05, 0) is 44.4 Å². The Kier molecular flexibility index (Phi) is 6.11. The molecule has 3 N–H and O–H groups in total. The minimum Gasteiger partial charge on any atom is -0.497 e. The van der Waals surface area contributed by atoms with Crippen molar-refractivity contribution in [2.24, 2.45) is 0 Å². The van der Waals surface area contributed by atoms with Crippen LogP contribution in [-0.4, -0.2) is 56.2 Å². The molecule has 0 saturated heterocycles. The second kappa shape index (κ2) is 8.40. The molecule has 1 heterocycles. The van der Waals surface area contributed by atoms with E-state index in [1.54, 1.807) is 42.5 Å². The number of amides is 3. The SMILES string of the molecule is COc1cccc(N2C(=O)Nc3ccc(Br)cc3C2(O)C(=O)NCCN(C)C)c1. The summed E-state index contributed by atoms with van der Waals surface area (Å²) >= 11 is 3.38. The molecule has 29 heavy (non-hydrogen) atoms. The molecule has 1 atom stereocenters. The summed E-state index contributed by atoms with van der Waals surface area (Å²) in [5, 5.41) is 17.2. The summed E-state index contributed by atoms with van der Waals surface area (Å²) < 4.78 is 5.90. The maximum atomic E-state index is 13.2. The highest BCUT2D eigenvalue weighted by molar-refractivity contribution is 9.10. The van der Waals surface area contributed by atoms with E-state index in [0.717, 1.165) is 4.90 Å². The summed E-state index contributed by atoms with van der Waals surface area (Å²) in [5.74, 6) is -0.206.